The number of nitrogens with zero attached hydrogens (tertiary/aromatic N) is 3. The minimum absolute atomic E-state index is 0.0257. The van der Waals surface area contributed by atoms with Gasteiger partial charge >= 0.3 is 5.97 Å². The van der Waals surface area contributed by atoms with Gasteiger partial charge in [-0.15, -0.1) is 11.3 Å². The number of ether oxygens (including phenoxy) is 1. The predicted molar refractivity (Wildman–Crippen MR) is 120 cm³/mol. The SMILES string of the molecule is CCOC(=O)C1CCN(C(=O)CN(C)C(=O)Cc2csc(-c3ccc(C)cc3)n2)CC1. The second-order valence-electron chi connectivity index (χ2n) is 7.84. The Bertz CT molecular complexity index is 917. The number of aryl methyl sites for hydroxylation is 1. The van der Waals surface area contributed by atoms with Crippen molar-refractivity contribution in [3.05, 3.63) is 40.9 Å². The van der Waals surface area contributed by atoms with Crippen LogP contribution in [0.25, 0.3) is 10.6 Å². The van der Waals surface area contributed by atoms with Crippen molar-refractivity contribution in [2.24, 2.45) is 5.92 Å². The van der Waals surface area contributed by atoms with E-state index in [9.17, 15) is 14.4 Å². The molecule has 1 aromatic carbocycles. The number of thiazole rings is 1. The van der Waals surface area contributed by atoms with E-state index in [2.05, 4.69) is 4.98 Å². The molecule has 0 spiro atoms. The van der Waals surface area contributed by atoms with Gasteiger partial charge in [-0.3, -0.25) is 14.4 Å². The average Bonchev–Trinajstić information content (AvgIpc) is 3.22. The van der Waals surface area contributed by atoms with Crippen LogP contribution in [0.2, 0.25) is 0 Å². The number of esters is 1. The molecule has 0 aliphatic carbocycles. The molecule has 0 bridgehead atoms. The molecule has 7 nitrogen and oxygen atoms in total. The Kier molecular flexibility index (Phi) is 7.79. The molecular weight excluding hydrogens is 414 g/mol. The van der Waals surface area contributed by atoms with Crippen molar-refractivity contribution in [1.29, 1.82) is 0 Å². The second-order valence-corrected chi connectivity index (χ2v) is 8.70. The lowest BCUT2D eigenvalue weighted by Crippen LogP contribution is -2.46. The number of likely N-dealkylation sites (tertiary alicyclic amines) is 1. The third kappa shape index (κ3) is 6.13. The van der Waals surface area contributed by atoms with Crippen molar-refractivity contribution in [2.45, 2.75) is 33.1 Å². The summed E-state index contributed by atoms with van der Waals surface area (Å²) in [6.45, 7) is 5.24. The van der Waals surface area contributed by atoms with Crippen LogP contribution in [0.1, 0.15) is 31.0 Å². The summed E-state index contributed by atoms with van der Waals surface area (Å²) in [5.74, 6) is -0.571. The fraction of sp³-hybridized carbons (Fsp3) is 0.478. The first-order valence-corrected chi connectivity index (χ1v) is 11.4. The molecule has 31 heavy (non-hydrogen) atoms. The fourth-order valence-corrected chi connectivity index (χ4v) is 4.35. The van der Waals surface area contributed by atoms with Crippen molar-refractivity contribution < 1.29 is 19.1 Å². The lowest BCUT2D eigenvalue weighted by Gasteiger charge is -2.32. The zero-order valence-electron chi connectivity index (χ0n) is 18.3. The van der Waals surface area contributed by atoms with E-state index in [-0.39, 0.29) is 36.7 Å². The normalized spacial score (nSPS) is 14.4. The highest BCUT2D eigenvalue weighted by molar-refractivity contribution is 7.13. The molecule has 1 fully saturated rings. The van der Waals surface area contributed by atoms with Crippen molar-refractivity contribution in [3.63, 3.8) is 0 Å². The first-order chi connectivity index (χ1) is 14.9. The maximum Gasteiger partial charge on any atom is 0.309 e. The molecule has 0 N–H and O–H groups in total. The zero-order valence-corrected chi connectivity index (χ0v) is 19.1. The van der Waals surface area contributed by atoms with Crippen LogP contribution in [0.15, 0.2) is 29.6 Å². The first kappa shape index (κ1) is 22.9. The molecule has 3 rings (SSSR count). The van der Waals surface area contributed by atoms with Crippen LogP contribution >= 0.6 is 11.3 Å². The van der Waals surface area contributed by atoms with Crippen molar-refractivity contribution in [3.8, 4) is 10.6 Å². The molecule has 2 heterocycles. The monoisotopic (exact) mass is 443 g/mol. The van der Waals surface area contributed by atoms with Gasteiger partial charge in [0.2, 0.25) is 11.8 Å². The summed E-state index contributed by atoms with van der Waals surface area (Å²) in [7, 11) is 1.64. The Balaban J connectivity index is 1.48. The summed E-state index contributed by atoms with van der Waals surface area (Å²) in [5.41, 5.74) is 2.93. The van der Waals surface area contributed by atoms with E-state index in [1.54, 1.807) is 18.9 Å². The van der Waals surface area contributed by atoms with E-state index in [0.717, 1.165) is 10.6 Å². The Morgan fingerprint density at radius 3 is 2.52 bits per heavy atom. The number of amides is 2. The molecular formula is C23H29N3O4S. The topological polar surface area (TPSA) is 79.8 Å². The van der Waals surface area contributed by atoms with Gasteiger partial charge in [0.15, 0.2) is 0 Å². The van der Waals surface area contributed by atoms with E-state index < -0.39 is 0 Å². The number of hydrogen-bond donors (Lipinski definition) is 0. The van der Waals surface area contributed by atoms with Crippen LogP contribution in [0, 0.1) is 12.8 Å². The third-order valence-corrected chi connectivity index (χ3v) is 6.39. The number of carbonyl (C=O) groups excluding carboxylic acids is 3. The van der Waals surface area contributed by atoms with Gasteiger partial charge in [-0.2, -0.15) is 0 Å². The molecule has 8 heteroatoms. The molecule has 2 amide bonds. The quantitative estimate of drug-likeness (QED) is 0.615. The summed E-state index contributed by atoms with van der Waals surface area (Å²) >= 11 is 1.51. The van der Waals surface area contributed by atoms with Gasteiger partial charge < -0.3 is 14.5 Å². The number of piperidine rings is 1. The Morgan fingerprint density at radius 1 is 1.19 bits per heavy atom. The van der Waals surface area contributed by atoms with E-state index >= 15 is 0 Å². The standard InChI is InChI=1S/C23H29N3O4S/c1-4-30-23(29)18-9-11-26(12-10-18)21(28)14-25(3)20(27)13-19-15-31-22(24-19)17-7-5-16(2)6-8-17/h5-8,15,18H,4,9-14H2,1-3H3. The van der Waals surface area contributed by atoms with Crippen LogP contribution in [0.4, 0.5) is 0 Å². The van der Waals surface area contributed by atoms with Gasteiger partial charge in [0, 0.05) is 31.1 Å². The van der Waals surface area contributed by atoms with Crippen molar-refractivity contribution >= 4 is 29.1 Å². The molecule has 2 aromatic rings. The van der Waals surface area contributed by atoms with Crippen LogP contribution in [0.5, 0.6) is 0 Å². The van der Waals surface area contributed by atoms with Gasteiger partial charge in [-0.05, 0) is 26.7 Å². The molecule has 166 valence electrons. The van der Waals surface area contributed by atoms with Gasteiger partial charge in [0.05, 0.1) is 31.2 Å². The summed E-state index contributed by atoms with van der Waals surface area (Å²) in [4.78, 5) is 44.8. The maximum atomic E-state index is 12.6. The van der Waals surface area contributed by atoms with Gasteiger partial charge in [-0.1, -0.05) is 29.8 Å². The lowest BCUT2D eigenvalue weighted by molar-refractivity contribution is -0.151. The summed E-state index contributed by atoms with van der Waals surface area (Å²) in [6.07, 6.45) is 1.36. The second kappa shape index (κ2) is 10.5. The number of benzene rings is 1. The van der Waals surface area contributed by atoms with E-state index in [4.69, 9.17) is 4.74 Å². The van der Waals surface area contributed by atoms with Gasteiger partial charge in [0.1, 0.15) is 5.01 Å². The highest BCUT2D eigenvalue weighted by atomic mass is 32.1. The Labute approximate surface area is 187 Å². The average molecular weight is 444 g/mol. The Hall–Kier alpha value is -2.74. The number of rotatable bonds is 7. The van der Waals surface area contributed by atoms with Gasteiger partial charge in [0.25, 0.3) is 0 Å². The third-order valence-electron chi connectivity index (χ3n) is 5.45. The molecule has 1 saturated heterocycles. The largest absolute Gasteiger partial charge is 0.466 e. The fourth-order valence-electron chi connectivity index (χ4n) is 3.52. The number of carbonyl (C=O) groups is 3. The van der Waals surface area contributed by atoms with Crippen molar-refractivity contribution in [1.82, 2.24) is 14.8 Å². The van der Waals surface area contributed by atoms with E-state index in [1.807, 2.05) is 36.6 Å². The zero-order chi connectivity index (χ0) is 22.4. The molecule has 0 unspecified atom stereocenters. The molecule has 0 saturated carbocycles. The van der Waals surface area contributed by atoms with Gasteiger partial charge in [-0.25, -0.2) is 4.98 Å². The number of hydrogen-bond acceptors (Lipinski definition) is 6. The summed E-state index contributed by atoms with van der Waals surface area (Å²) in [6, 6.07) is 8.12. The predicted octanol–water partition coefficient (Wildman–Crippen LogP) is 2.92. The molecule has 1 aliphatic heterocycles. The number of aromatic nitrogens is 1. The maximum absolute atomic E-state index is 12.6. The minimum Gasteiger partial charge on any atom is -0.466 e. The highest BCUT2D eigenvalue weighted by Gasteiger charge is 2.29. The van der Waals surface area contributed by atoms with Crippen LogP contribution in [-0.2, 0) is 25.5 Å². The van der Waals surface area contributed by atoms with E-state index in [0.29, 0.717) is 38.2 Å². The minimum atomic E-state index is -0.185. The number of likely N-dealkylation sites (N-methyl/N-ethyl adjacent to an activating group) is 1. The van der Waals surface area contributed by atoms with E-state index in [1.165, 1.54) is 21.8 Å². The molecule has 0 atom stereocenters. The molecule has 0 radical (unpaired) electrons. The highest BCUT2D eigenvalue weighted by Crippen LogP contribution is 2.24. The molecule has 1 aromatic heterocycles. The van der Waals surface area contributed by atoms with Crippen LogP contribution < -0.4 is 0 Å². The summed E-state index contributed by atoms with van der Waals surface area (Å²) in [5, 5.41) is 2.77. The van der Waals surface area contributed by atoms with Crippen molar-refractivity contribution in [2.75, 3.05) is 33.3 Å². The van der Waals surface area contributed by atoms with Crippen LogP contribution in [-0.4, -0.2) is 65.9 Å². The first-order valence-electron chi connectivity index (χ1n) is 10.6. The van der Waals surface area contributed by atoms with Crippen LogP contribution in [0.3, 0.4) is 0 Å². The smallest absolute Gasteiger partial charge is 0.309 e. The summed E-state index contributed by atoms with van der Waals surface area (Å²) < 4.78 is 5.06. The molecule has 1 aliphatic rings. The lowest BCUT2D eigenvalue weighted by atomic mass is 9.97. The Morgan fingerprint density at radius 2 is 1.87 bits per heavy atom.